The van der Waals surface area contributed by atoms with Gasteiger partial charge in [0.15, 0.2) is 0 Å². The Hall–Kier alpha value is -3.02. The minimum Gasteiger partial charge on any atom is -0.497 e. The lowest BCUT2D eigenvalue weighted by atomic mass is 10.1. The van der Waals surface area contributed by atoms with Crippen LogP contribution >= 0.6 is 0 Å². The average molecular weight is 313 g/mol. The van der Waals surface area contributed by atoms with Gasteiger partial charge < -0.3 is 18.9 Å². The van der Waals surface area contributed by atoms with E-state index in [1.165, 1.54) is 13.2 Å². The fourth-order valence-corrected chi connectivity index (χ4v) is 2.32. The molecule has 1 aromatic carbocycles. The van der Waals surface area contributed by atoms with Gasteiger partial charge in [0.2, 0.25) is 5.91 Å². The summed E-state index contributed by atoms with van der Waals surface area (Å²) in [5, 5.41) is 3.46. The van der Waals surface area contributed by atoms with Gasteiger partial charge in [0, 0.05) is 17.5 Å². The van der Waals surface area contributed by atoms with Gasteiger partial charge in [-0.25, -0.2) is 4.79 Å². The molecule has 0 aliphatic heterocycles. The molecule has 0 aliphatic rings. The number of ether oxygens (including phenoxy) is 1. The van der Waals surface area contributed by atoms with Crippen molar-refractivity contribution in [1.29, 1.82) is 0 Å². The van der Waals surface area contributed by atoms with Gasteiger partial charge in [-0.15, -0.1) is 0 Å². The SMILES string of the molecule is COc1ccc2c(CC(=O)NCc3ccco3)cc(=O)oc2c1. The minimum absolute atomic E-state index is 0.0785. The van der Waals surface area contributed by atoms with Gasteiger partial charge in [0.05, 0.1) is 26.3 Å². The van der Waals surface area contributed by atoms with E-state index < -0.39 is 5.63 Å². The van der Waals surface area contributed by atoms with E-state index in [9.17, 15) is 9.59 Å². The number of amides is 1. The molecule has 3 rings (SSSR count). The maximum absolute atomic E-state index is 12.1. The van der Waals surface area contributed by atoms with E-state index in [-0.39, 0.29) is 12.3 Å². The van der Waals surface area contributed by atoms with Crippen LogP contribution in [0.15, 0.2) is 56.3 Å². The molecule has 6 heteroatoms. The number of methoxy groups -OCH3 is 1. The zero-order chi connectivity index (χ0) is 16.2. The molecule has 0 fully saturated rings. The largest absolute Gasteiger partial charge is 0.497 e. The Kier molecular flexibility index (Phi) is 4.14. The summed E-state index contributed by atoms with van der Waals surface area (Å²) < 4.78 is 15.4. The van der Waals surface area contributed by atoms with Crippen molar-refractivity contribution in [3.63, 3.8) is 0 Å². The molecule has 0 unspecified atom stereocenters. The first-order chi connectivity index (χ1) is 11.2. The Morgan fingerprint density at radius 3 is 2.87 bits per heavy atom. The molecule has 0 saturated heterocycles. The second-order valence-corrected chi connectivity index (χ2v) is 4.99. The molecular weight excluding hydrogens is 298 g/mol. The highest BCUT2D eigenvalue weighted by atomic mass is 16.5. The van der Waals surface area contributed by atoms with Crippen molar-refractivity contribution in [1.82, 2.24) is 5.32 Å². The third kappa shape index (κ3) is 3.42. The average Bonchev–Trinajstić information content (AvgIpc) is 3.05. The summed E-state index contributed by atoms with van der Waals surface area (Å²) in [7, 11) is 1.53. The first-order valence-corrected chi connectivity index (χ1v) is 7.05. The van der Waals surface area contributed by atoms with Gasteiger partial charge >= 0.3 is 5.63 Å². The summed E-state index contributed by atoms with van der Waals surface area (Å²) in [5.74, 6) is 1.05. The Bertz CT molecular complexity index is 880. The number of hydrogen-bond donors (Lipinski definition) is 1. The number of carbonyl (C=O) groups excluding carboxylic acids is 1. The summed E-state index contributed by atoms with van der Waals surface area (Å²) in [6, 6.07) is 10.0. The van der Waals surface area contributed by atoms with E-state index >= 15 is 0 Å². The van der Waals surface area contributed by atoms with Gasteiger partial charge in [-0.1, -0.05) is 0 Å². The smallest absolute Gasteiger partial charge is 0.336 e. The van der Waals surface area contributed by atoms with E-state index in [4.69, 9.17) is 13.6 Å². The molecule has 0 aliphatic carbocycles. The minimum atomic E-state index is -0.500. The van der Waals surface area contributed by atoms with Crippen LogP contribution in [-0.2, 0) is 17.8 Å². The molecular formula is C17H15NO5. The number of nitrogens with one attached hydrogen (secondary N) is 1. The van der Waals surface area contributed by atoms with Crippen molar-refractivity contribution in [2.45, 2.75) is 13.0 Å². The second-order valence-electron chi connectivity index (χ2n) is 4.99. The maximum Gasteiger partial charge on any atom is 0.336 e. The number of furan rings is 1. The molecule has 0 saturated carbocycles. The topological polar surface area (TPSA) is 81.7 Å². The molecule has 1 amide bonds. The van der Waals surface area contributed by atoms with E-state index in [2.05, 4.69) is 5.32 Å². The summed E-state index contributed by atoms with van der Waals surface area (Å²) in [5.41, 5.74) is 0.501. The first-order valence-electron chi connectivity index (χ1n) is 7.05. The predicted molar refractivity (Wildman–Crippen MR) is 83.3 cm³/mol. The van der Waals surface area contributed by atoms with E-state index in [1.54, 1.807) is 36.6 Å². The van der Waals surface area contributed by atoms with Crippen LogP contribution in [-0.4, -0.2) is 13.0 Å². The van der Waals surface area contributed by atoms with Crippen molar-refractivity contribution in [2.75, 3.05) is 7.11 Å². The normalized spacial score (nSPS) is 10.7. The van der Waals surface area contributed by atoms with Gasteiger partial charge in [0.1, 0.15) is 17.1 Å². The lowest BCUT2D eigenvalue weighted by Crippen LogP contribution is -2.24. The number of hydrogen-bond acceptors (Lipinski definition) is 5. The highest BCUT2D eigenvalue weighted by Gasteiger charge is 2.11. The third-order valence-corrected chi connectivity index (χ3v) is 3.43. The molecule has 118 valence electrons. The van der Waals surface area contributed by atoms with Crippen LogP contribution in [0.3, 0.4) is 0 Å². The van der Waals surface area contributed by atoms with Crippen LogP contribution in [0, 0.1) is 0 Å². The molecule has 6 nitrogen and oxygen atoms in total. The standard InChI is InChI=1S/C17H15NO5/c1-21-12-4-5-14-11(8-17(20)23-15(14)9-12)7-16(19)18-10-13-3-2-6-22-13/h2-6,8-9H,7,10H2,1H3,(H,18,19). The maximum atomic E-state index is 12.1. The Morgan fingerprint density at radius 1 is 1.26 bits per heavy atom. The Morgan fingerprint density at radius 2 is 2.13 bits per heavy atom. The molecule has 2 aromatic heterocycles. The number of carbonyl (C=O) groups is 1. The second kappa shape index (κ2) is 6.39. The lowest BCUT2D eigenvalue weighted by Gasteiger charge is -2.07. The Labute approximate surface area is 131 Å². The summed E-state index contributed by atoms with van der Waals surface area (Å²) >= 11 is 0. The van der Waals surface area contributed by atoms with Crippen LogP contribution in [0.1, 0.15) is 11.3 Å². The van der Waals surface area contributed by atoms with E-state index in [0.29, 0.717) is 34.6 Å². The van der Waals surface area contributed by atoms with Crippen LogP contribution in [0.5, 0.6) is 5.75 Å². The molecule has 2 heterocycles. The molecule has 3 aromatic rings. The number of rotatable bonds is 5. The van der Waals surface area contributed by atoms with Gasteiger partial charge in [-0.05, 0) is 29.8 Å². The van der Waals surface area contributed by atoms with E-state index in [0.717, 1.165) is 0 Å². The van der Waals surface area contributed by atoms with Crippen molar-refractivity contribution >= 4 is 16.9 Å². The van der Waals surface area contributed by atoms with Crippen LogP contribution in [0.25, 0.3) is 11.0 Å². The van der Waals surface area contributed by atoms with Gasteiger partial charge in [-0.3, -0.25) is 4.79 Å². The fraction of sp³-hybridized carbons (Fsp3) is 0.176. The quantitative estimate of drug-likeness (QED) is 0.731. The van der Waals surface area contributed by atoms with Crippen molar-refractivity contribution in [3.8, 4) is 5.75 Å². The summed E-state index contributed by atoms with van der Waals surface area (Å²) in [6.07, 6.45) is 1.62. The molecule has 0 bridgehead atoms. The van der Waals surface area contributed by atoms with Crippen LogP contribution < -0.4 is 15.7 Å². The monoisotopic (exact) mass is 313 g/mol. The lowest BCUT2D eigenvalue weighted by molar-refractivity contribution is -0.120. The Balaban J connectivity index is 1.81. The highest BCUT2D eigenvalue weighted by Crippen LogP contribution is 2.22. The zero-order valence-electron chi connectivity index (χ0n) is 12.5. The molecule has 0 spiro atoms. The summed E-state index contributed by atoms with van der Waals surface area (Å²) in [4.78, 5) is 23.8. The van der Waals surface area contributed by atoms with Crippen molar-refractivity contribution in [3.05, 3.63) is 64.4 Å². The number of fused-ring (bicyclic) bond motifs is 1. The highest BCUT2D eigenvalue weighted by molar-refractivity contribution is 5.87. The molecule has 0 atom stereocenters. The molecule has 0 radical (unpaired) electrons. The summed E-state index contributed by atoms with van der Waals surface area (Å²) in [6.45, 7) is 0.305. The van der Waals surface area contributed by atoms with E-state index in [1.807, 2.05) is 0 Å². The van der Waals surface area contributed by atoms with Crippen LogP contribution in [0.4, 0.5) is 0 Å². The first kappa shape index (κ1) is 14.9. The number of benzene rings is 1. The van der Waals surface area contributed by atoms with Gasteiger partial charge in [0.25, 0.3) is 0 Å². The fourth-order valence-electron chi connectivity index (χ4n) is 2.32. The van der Waals surface area contributed by atoms with Crippen molar-refractivity contribution < 1.29 is 18.4 Å². The zero-order valence-corrected chi connectivity index (χ0v) is 12.5. The van der Waals surface area contributed by atoms with Gasteiger partial charge in [-0.2, -0.15) is 0 Å². The molecule has 1 N–H and O–H groups in total. The van der Waals surface area contributed by atoms with Crippen molar-refractivity contribution in [2.24, 2.45) is 0 Å². The predicted octanol–water partition coefficient (Wildman–Crippen LogP) is 2.25. The molecule has 23 heavy (non-hydrogen) atoms. The van der Waals surface area contributed by atoms with Crippen LogP contribution in [0.2, 0.25) is 0 Å². The third-order valence-electron chi connectivity index (χ3n) is 3.43.